The van der Waals surface area contributed by atoms with E-state index in [4.69, 9.17) is 14.2 Å². The van der Waals surface area contributed by atoms with Crippen LogP contribution in [0.4, 0.5) is 5.69 Å². The Morgan fingerprint density at radius 1 is 0.893 bits per heavy atom. The number of rotatable bonds is 4. The first-order valence-corrected chi connectivity index (χ1v) is 9.67. The van der Waals surface area contributed by atoms with Crippen LogP contribution in [0.15, 0.2) is 36.4 Å². The van der Waals surface area contributed by atoms with Crippen molar-refractivity contribution in [3.05, 3.63) is 53.1 Å². The highest BCUT2D eigenvalue weighted by Gasteiger charge is 2.16. The van der Waals surface area contributed by atoms with Crippen LogP contribution in [0.1, 0.15) is 40.7 Å². The molecule has 1 amide bonds. The molecule has 0 radical (unpaired) electrons. The highest BCUT2D eigenvalue weighted by molar-refractivity contribution is 5.95. The van der Waals surface area contributed by atoms with Gasteiger partial charge in [0.2, 0.25) is 0 Å². The van der Waals surface area contributed by atoms with Crippen LogP contribution in [-0.2, 0) is 22.4 Å². The zero-order valence-electron chi connectivity index (χ0n) is 15.7. The molecular formula is C22H23NO5. The minimum Gasteiger partial charge on any atom is -0.490 e. The number of ether oxygens (including phenoxy) is 3. The van der Waals surface area contributed by atoms with Gasteiger partial charge in [0, 0.05) is 18.2 Å². The summed E-state index contributed by atoms with van der Waals surface area (Å²) in [6, 6.07) is 10.9. The van der Waals surface area contributed by atoms with Gasteiger partial charge in [0.05, 0.1) is 18.8 Å². The van der Waals surface area contributed by atoms with Gasteiger partial charge in [0.1, 0.15) is 0 Å². The molecule has 1 aliphatic carbocycles. The summed E-state index contributed by atoms with van der Waals surface area (Å²) < 4.78 is 16.4. The first kappa shape index (κ1) is 18.3. The van der Waals surface area contributed by atoms with Crippen LogP contribution in [0.25, 0.3) is 0 Å². The maximum Gasteiger partial charge on any atom is 0.338 e. The highest BCUT2D eigenvalue weighted by Crippen LogP contribution is 2.32. The van der Waals surface area contributed by atoms with E-state index in [9.17, 15) is 9.59 Å². The maximum atomic E-state index is 12.3. The van der Waals surface area contributed by atoms with Gasteiger partial charge < -0.3 is 19.5 Å². The van der Waals surface area contributed by atoms with Gasteiger partial charge in [-0.1, -0.05) is 6.07 Å². The minimum atomic E-state index is -0.484. The number of hydrogen-bond acceptors (Lipinski definition) is 5. The zero-order valence-corrected chi connectivity index (χ0v) is 15.7. The molecule has 2 aliphatic rings. The van der Waals surface area contributed by atoms with E-state index in [1.54, 1.807) is 24.3 Å². The van der Waals surface area contributed by atoms with Crippen LogP contribution in [0.2, 0.25) is 0 Å². The number of fused-ring (bicyclic) bond motifs is 2. The molecule has 1 aliphatic heterocycles. The monoisotopic (exact) mass is 381 g/mol. The first-order valence-electron chi connectivity index (χ1n) is 9.67. The number of benzene rings is 2. The molecule has 28 heavy (non-hydrogen) atoms. The third kappa shape index (κ3) is 4.27. The van der Waals surface area contributed by atoms with Crippen molar-refractivity contribution in [1.82, 2.24) is 0 Å². The van der Waals surface area contributed by atoms with E-state index in [0.717, 1.165) is 25.7 Å². The van der Waals surface area contributed by atoms with Gasteiger partial charge >= 0.3 is 5.97 Å². The highest BCUT2D eigenvalue weighted by atomic mass is 16.5. The summed E-state index contributed by atoms with van der Waals surface area (Å²) in [5, 5.41) is 2.72. The number of aryl methyl sites for hydroxylation is 2. The maximum absolute atomic E-state index is 12.3. The lowest BCUT2D eigenvalue weighted by Crippen LogP contribution is -2.21. The molecular weight excluding hydrogens is 358 g/mol. The third-order valence-electron chi connectivity index (χ3n) is 4.95. The Labute approximate surface area is 163 Å². The second-order valence-corrected chi connectivity index (χ2v) is 7.03. The lowest BCUT2D eigenvalue weighted by molar-refractivity contribution is -0.119. The third-order valence-corrected chi connectivity index (χ3v) is 4.95. The van der Waals surface area contributed by atoms with Gasteiger partial charge in [-0.3, -0.25) is 4.79 Å². The number of esters is 1. The molecule has 0 bridgehead atoms. The Morgan fingerprint density at radius 2 is 1.68 bits per heavy atom. The van der Waals surface area contributed by atoms with Crippen LogP contribution < -0.4 is 14.8 Å². The molecule has 1 N–H and O–H groups in total. The van der Waals surface area contributed by atoms with Crippen LogP contribution in [0.5, 0.6) is 11.5 Å². The smallest absolute Gasteiger partial charge is 0.338 e. The molecule has 2 aromatic rings. The fraction of sp³-hybridized carbons (Fsp3) is 0.364. The summed E-state index contributed by atoms with van der Waals surface area (Å²) in [5.74, 6) is 0.374. The van der Waals surface area contributed by atoms with Gasteiger partial charge in [-0.15, -0.1) is 0 Å². The summed E-state index contributed by atoms with van der Waals surface area (Å²) in [5.41, 5.74) is 3.57. The molecule has 0 fully saturated rings. The second-order valence-electron chi connectivity index (χ2n) is 7.03. The normalized spacial score (nSPS) is 15.1. The van der Waals surface area contributed by atoms with Crippen molar-refractivity contribution in [2.45, 2.75) is 32.1 Å². The number of carbonyl (C=O) groups is 2. The Hall–Kier alpha value is -3.02. The van der Waals surface area contributed by atoms with Crippen LogP contribution in [-0.4, -0.2) is 31.7 Å². The van der Waals surface area contributed by atoms with Gasteiger partial charge in [0.15, 0.2) is 18.1 Å². The molecule has 0 aromatic heterocycles. The average Bonchev–Trinajstić information content (AvgIpc) is 2.96. The van der Waals surface area contributed by atoms with Crippen molar-refractivity contribution < 1.29 is 23.8 Å². The van der Waals surface area contributed by atoms with Crippen LogP contribution >= 0.6 is 0 Å². The molecule has 146 valence electrons. The van der Waals surface area contributed by atoms with Crippen molar-refractivity contribution in [1.29, 1.82) is 0 Å². The van der Waals surface area contributed by atoms with Gasteiger partial charge in [-0.25, -0.2) is 4.79 Å². The van der Waals surface area contributed by atoms with Crippen molar-refractivity contribution in [3.8, 4) is 11.5 Å². The summed E-state index contributed by atoms with van der Waals surface area (Å²) in [6.07, 6.45) is 5.19. The van der Waals surface area contributed by atoms with E-state index in [-0.39, 0.29) is 6.61 Å². The molecule has 0 unspecified atom stereocenters. The Balaban J connectivity index is 1.33. The van der Waals surface area contributed by atoms with E-state index in [0.29, 0.717) is 36.0 Å². The topological polar surface area (TPSA) is 73.9 Å². The van der Waals surface area contributed by atoms with E-state index in [1.165, 1.54) is 17.5 Å². The summed E-state index contributed by atoms with van der Waals surface area (Å²) in [7, 11) is 0. The van der Waals surface area contributed by atoms with Crippen LogP contribution in [0.3, 0.4) is 0 Å². The van der Waals surface area contributed by atoms with Gasteiger partial charge in [-0.05, 0) is 61.1 Å². The molecule has 2 aromatic carbocycles. The number of anilines is 1. The Morgan fingerprint density at radius 3 is 2.54 bits per heavy atom. The number of amides is 1. The number of hydrogen-bond donors (Lipinski definition) is 1. The first-order chi connectivity index (χ1) is 13.7. The lowest BCUT2D eigenvalue weighted by atomic mass is 9.90. The predicted octanol–water partition coefficient (Wildman–Crippen LogP) is 3.52. The van der Waals surface area contributed by atoms with E-state index in [2.05, 4.69) is 5.32 Å². The molecule has 4 rings (SSSR count). The number of carbonyl (C=O) groups excluding carboxylic acids is 2. The molecule has 6 nitrogen and oxygen atoms in total. The van der Waals surface area contributed by atoms with E-state index < -0.39 is 11.9 Å². The Bertz CT molecular complexity index is 892. The molecule has 0 saturated heterocycles. The molecule has 0 saturated carbocycles. The summed E-state index contributed by atoms with van der Waals surface area (Å²) >= 11 is 0. The van der Waals surface area contributed by atoms with Crippen LogP contribution in [0, 0.1) is 0 Å². The summed E-state index contributed by atoms with van der Waals surface area (Å²) in [4.78, 5) is 24.4. The van der Waals surface area contributed by atoms with Gasteiger partial charge in [0.25, 0.3) is 5.91 Å². The van der Waals surface area contributed by atoms with E-state index in [1.807, 2.05) is 12.1 Å². The standard InChI is InChI=1S/C22H23NO5/c24-21(23-18-8-9-19-20(13-18)27-11-3-10-26-19)14-28-22(25)17-7-6-15-4-1-2-5-16(15)12-17/h6-9,12-13H,1-5,10-11,14H2,(H,23,24). The SMILES string of the molecule is O=C(COC(=O)c1ccc2c(c1)CCCC2)Nc1ccc2c(c1)OCCCO2. The van der Waals surface area contributed by atoms with E-state index >= 15 is 0 Å². The zero-order chi connectivity index (χ0) is 19.3. The molecule has 6 heteroatoms. The molecule has 1 heterocycles. The second kappa shape index (κ2) is 8.33. The average molecular weight is 381 g/mol. The Kier molecular flexibility index (Phi) is 5.46. The molecule has 0 atom stereocenters. The van der Waals surface area contributed by atoms with Crippen molar-refractivity contribution >= 4 is 17.6 Å². The summed E-state index contributed by atoms with van der Waals surface area (Å²) in [6.45, 7) is 0.838. The number of nitrogens with one attached hydrogen (secondary N) is 1. The fourth-order valence-electron chi connectivity index (χ4n) is 3.51. The van der Waals surface area contributed by atoms with Crippen molar-refractivity contribution in [3.63, 3.8) is 0 Å². The quantitative estimate of drug-likeness (QED) is 0.821. The predicted molar refractivity (Wildman–Crippen MR) is 104 cm³/mol. The minimum absolute atomic E-state index is 0.343. The van der Waals surface area contributed by atoms with Crippen molar-refractivity contribution in [2.24, 2.45) is 0 Å². The fourth-order valence-corrected chi connectivity index (χ4v) is 3.51. The lowest BCUT2D eigenvalue weighted by Gasteiger charge is -2.16. The van der Waals surface area contributed by atoms with Gasteiger partial charge in [-0.2, -0.15) is 0 Å². The largest absolute Gasteiger partial charge is 0.490 e. The van der Waals surface area contributed by atoms with Crippen molar-refractivity contribution in [2.75, 3.05) is 25.1 Å². The molecule has 0 spiro atoms.